The van der Waals surface area contributed by atoms with E-state index in [0.29, 0.717) is 6.04 Å². The maximum Gasteiger partial charge on any atom is 0.150 e. The van der Waals surface area contributed by atoms with Gasteiger partial charge in [-0.2, -0.15) is 0 Å². The average molecular weight is 232 g/mol. The molecule has 17 heavy (non-hydrogen) atoms. The van der Waals surface area contributed by atoms with Crippen molar-refractivity contribution in [3.63, 3.8) is 0 Å². The smallest absolute Gasteiger partial charge is 0.150 e. The monoisotopic (exact) mass is 232 g/mol. The van der Waals surface area contributed by atoms with E-state index in [9.17, 15) is 0 Å². The number of aromatic nitrogens is 3. The lowest BCUT2D eigenvalue weighted by molar-refractivity contribution is 0.325. The lowest BCUT2D eigenvalue weighted by Gasteiger charge is -2.24. The van der Waals surface area contributed by atoms with Crippen LogP contribution in [0.2, 0.25) is 0 Å². The van der Waals surface area contributed by atoms with Crippen LogP contribution in [0, 0.1) is 5.92 Å². The fourth-order valence-electron chi connectivity index (χ4n) is 3.95. The number of hydrogen-bond donors (Lipinski definition) is 1. The summed E-state index contributed by atoms with van der Waals surface area (Å²) in [5.41, 5.74) is 0. The topological polar surface area (TPSA) is 42.7 Å². The largest absolute Gasteiger partial charge is 0.314 e. The van der Waals surface area contributed by atoms with Gasteiger partial charge >= 0.3 is 0 Å². The molecule has 3 aliphatic rings. The van der Waals surface area contributed by atoms with E-state index >= 15 is 0 Å². The Bertz CT molecular complexity index is 411. The van der Waals surface area contributed by atoms with Crippen molar-refractivity contribution in [3.8, 4) is 0 Å². The molecule has 3 unspecified atom stereocenters. The van der Waals surface area contributed by atoms with Crippen LogP contribution >= 0.6 is 0 Å². The van der Waals surface area contributed by atoms with E-state index in [2.05, 4.69) is 20.1 Å². The van der Waals surface area contributed by atoms with Gasteiger partial charge in [0.25, 0.3) is 0 Å². The van der Waals surface area contributed by atoms with Gasteiger partial charge in [-0.1, -0.05) is 12.8 Å². The second-order valence-corrected chi connectivity index (χ2v) is 5.84. The van der Waals surface area contributed by atoms with Crippen molar-refractivity contribution in [3.05, 3.63) is 11.6 Å². The number of rotatable bonds is 1. The van der Waals surface area contributed by atoms with Gasteiger partial charge in [-0.25, -0.2) is 0 Å². The van der Waals surface area contributed by atoms with E-state index in [1.165, 1.54) is 50.2 Å². The van der Waals surface area contributed by atoms with Crippen molar-refractivity contribution in [2.75, 3.05) is 0 Å². The van der Waals surface area contributed by atoms with Crippen molar-refractivity contribution in [1.29, 1.82) is 0 Å². The summed E-state index contributed by atoms with van der Waals surface area (Å²) in [7, 11) is 0. The van der Waals surface area contributed by atoms with Crippen molar-refractivity contribution in [2.24, 2.45) is 5.92 Å². The Morgan fingerprint density at radius 3 is 3.00 bits per heavy atom. The molecule has 1 aliphatic carbocycles. The van der Waals surface area contributed by atoms with Crippen LogP contribution in [0.3, 0.4) is 0 Å². The highest BCUT2D eigenvalue weighted by molar-refractivity contribution is 5.09. The Hall–Kier alpha value is -0.900. The molecule has 4 heteroatoms. The molecule has 2 aliphatic heterocycles. The third-order valence-corrected chi connectivity index (χ3v) is 4.81. The van der Waals surface area contributed by atoms with Crippen LogP contribution in [0.15, 0.2) is 0 Å². The quantitative estimate of drug-likeness (QED) is 0.803. The minimum absolute atomic E-state index is 0.474. The maximum atomic E-state index is 4.43. The van der Waals surface area contributed by atoms with Gasteiger partial charge in [-0.15, -0.1) is 10.2 Å². The Morgan fingerprint density at radius 2 is 2.06 bits per heavy atom. The molecular formula is C13H20N4. The lowest BCUT2D eigenvalue weighted by atomic mass is 9.85. The molecule has 1 aromatic heterocycles. The van der Waals surface area contributed by atoms with Crippen LogP contribution in [0.25, 0.3) is 0 Å². The van der Waals surface area contributed by atoms with Gasteiger partial charge in [0.1, 0.15) is 11.6 Å². The molecule has 3 atom stereocenters. The molecule has 4 nitrogen and oxygen atoms in total. The molecule has 1 aromatic rings. The summed E-state index contributed by atoms with van der Waals surface area (Å²) in [6, 6.07) is 1.23. The summed E-state index contributed by atoms with van der Waals surface area (Å²) >= 11 is 0. The predicted octanol–water partition coefficient (Wildman–Crippen LogP) is 1.82. The third kappa shape index (κ3) is 1.53. The number of nitrogens with zero attached hydrogens (tertiary/aromatic N) is 3. The van der Waals surface area contributed by atoms with Crippen molar-refractivity contribution >= 4 is 0 Å². The van der Waals surface area contributed by atoms with Gasteiger partial charge in [-0.3, -0.25) is 0 Å². The van der Waals surface area contributed by atoms with E-state index in [4.69, 9.17) is 0 Å². The Labute approximate surface area is 102 Å². The SMILES string of the molecule is C1CCC2NC(c3nnc4n3CCC4)CC2C1. The highest BCUT2D eigenvalue weighted by Crippen LogP contribution is 2.39. The minimum Gasteiger partial charge on any atom is -0.314 e. The fraction of sp³-hybridized carbons (Fsp3) is 0.846. The predicted molar refractivity (Wildman–Crippen MR) is 64.6 cm³/mol. The third-order valence-electron chi connectivity index (χ3n) is 4.81. The van der Waals surface area contributed by atoms with Crippen LogP contribution in [0.1, 0.15) is 56.2 Å². The first-order valence-corrected chi connectivity index (χ1v) is 7.10. The van der Waals surface area contributed by atoms with Crippen LogP contribution in [-0.2, 0) is 13.0 Å². The van der Waals surface area contributed by atoms with Crippen molar-refractivity contribution in [1.82, 2.24) is 20.1 Å². The van der Waals surface area contributed by atoms with E-state index in [1.807, 2.05) is 0 Å². The zero-order chi connectivity index (χ0) is 11.2. The van der Waals surface area contributed by atoms with E-state index in [1.54, 1.807) is 0 Å². The molecule has 1 N–H and O–H groups in total. The molecular weight excluding hydrogens is 212 g/mol. The Balaban J connectivity index is 1.59. The second-order valence-electron chi connectivity index (χ2n) is 5.84. The van der Waals surface area contributed by atoms with Crippen LogP contribution in [-0.4, -0.2) is 20.8 Å². The lowest BCUT2D eigenvalue weighted by Crippen LogP contribution is -2.31. The van der Waals surface area contributed by atoms with Crippen molar-refractivity contribution in [2.45, 2.75) is 63.6 Å². The zero-order valence-electron chi connectivity index (χ0n) is 10.2. The summed E-state index contributed by atoms with van der Waals surface area (Å²) in [6.07, 6.45) is 9.25. The summed E-state index contributed by atoms with van der Waals surface area (Å²) in [4.78, 5) is 0. The van der Waals surface area contributed by atoms with Gasteiger partial charge < -0.3 is 9.88 Å². The number of fused-ring (bicyclic) bond motifs is 2. The van der Waals surface area contributed by atoms with E-state index < -0.39 is 0 Å². The Morgan fingerprint density at radius 1 is 1.12 bits per heavy atom. The van der Waals surface area contributed by atoms with Crippen LogP contribution < -0.4 is 5.32 Å². The zero-order valence-corrected chi connectivity index (χ0v) is 10.2. The van der Waals surface area contributed by atoms with Crippen molar-refractivity contribution < 1.29 is 0 Å². The van der Waals surface area contributed by atoms with E-state index in [-0.39, 0.29) is 0 Å². The molecule has 2 fully saturated rings. The maximum absolute atomic E-state index is 4.43. The van der Waals surface area contributed by atoms with Gasteiger partial charge in [0.2, 0.25) is 0 Å². The number of hydrogen-bond acceptors (Lipinski definition) is 3. The Kier molecular flexibility index (Phi) is 2.25. The molecule has 0 radical (unpaired) electrons. The average Bonchev–Trinajstić information content (AvgIpc) is 3.02. The minimum atomic E-state index is 0.474. The molecule has 1 saturated carbocycles. The van der Waals surface area contributed by atoms with Gasteiger partial charge in [0, 0.05) is 19.0 Å². The summed E-state index contributed by atoms with van der Waals surface area (Å²) in [6.45, 7) is 1.13. The van der Waals surface area contributed by atoms with Gasteiger partial charge in [0.05, 0.1) is 6.04 Å². The highest BCUT2D eigenvalue weighted by Gasteiger charge is 2.38. The number of aryl methyl sites for hydroxylation is 1. The number of nitrogens with one attached hydrogen (secondary N) is 1. The van der Waals surface area contributed by atoms with Gasteiger partial charge in [0.15, 0.2) is 0 Å². The summed E-state index contributed by atoms with van der Waals surface area (Å²) in [5.74, 6) is 3.31. The summed E-state index contributed by atoms with van der Waals surface area (Å²) in [5, 5.41) is 12.6. The normalized spacial score (nSPS) is 35.9. The highest BCUT2D eigenvalue weighted by atomic mass is 15.3. The standard InChI is InChI=1S/C13H20N4/c1-2-5-10-9(4-1)8-11(14-10)13-16-15-12-6-3-7-17(12)13/h9-11,14H,1-8H2. The first-order chi connectivity index (χ1) is 8.42. The second kappa shape index (κ2) is 3.80. The van der Waals surface area contributed by atoms with Crippen LogP contribution in [0.5, 0.6) is 0 Å². The molecule has 0 amide bonds. The molecule has 92 valence electrons. The molecule has 4 rings (SSSR count). The van der Waals surface area contributed by atoms with Gasteiger partial charge in [-0.05, 0) is 31.6 Å². The summed E-state index contributed by atoms with van der Waals surface area (Å²) < 4.78 is 2.36. The molecule has 0 aromatic carbocycles. The first kappa shape index (κ1) is 10.1. The molecule has 1 saturated heterocycles. The van der Waals surface area contributed by atoms with Crippen LogP contribution in [0.4, 0.5) is 0 Å². The molecule has 3 heterocycles. The molecule has 0 bridgehead atoms. The fourth-order valence-corrected chi connectivity index (χ4v) is 3.95. The van der Waals surface area contributed by atoms with E-state index in [0.717, 1.165) is 24.9 Å². The molecule has 0 spiro atoms. The first-order valence-electron chi connectivity index (χ1n) is 7.10.